The van der Waals surface area contributed by atoms with Gasteiger partial charge in [0.15, 0.2) is 0 Å². The number of nitrogens with one attached hydrogen (secondary N) is 1. The monoisotopic (exact) mass is 265 g/mol. The Balaban J connectivity index is 2.26. The third-order valence-electron chi connectivity index (χ3n) is 4.53. The molecule has 1 aliphatic rings. The van der Waals surface area contributed by atoms with Crippen LogP contribution in [0.3, 0.4) is 0 Å². The average molecular weight is 265 g/mol. The zero-order valence-electron chi connectivity index (χ0n) is 11.8. The molecule has 3 atom stereocenters. The quantitative estimate of drug-likeness (QED) is 0.876. The first-order valence-corrected chi connectivity index (χ1v) is 7.32. The molecule has 106 valence electrons. The highest BCUT2D eigenvalue weighted by Gasteiger charge is 2.39. The number of piperidine rings is 1. The smallest absolute Gasteiger partial charge is 0.123 e. The molecule has 2 nitrogen and oxygen atoms in total. The summed E-state index contributed by atoms with van der Waals surface area (Å²) < 4.78 is 13.4. The van der Waals surface area contributed by atoms with E-state index in [9.17, 15) is 9.50 Å². The van der Waals surface area contributed by atoms with Crippen molar-refractivity contribution in [1.29, 1.82) is 0 Å². The molecule has 0 aromatic heterocycles. The van der Waals surface area contributed by atoms with Crippen LogP contribution in [-0.2, 0) is 5.60 Å². The Labute approximate surface area is 115 Å². The zero-order chi connectivity index (χ0) is 13.9. The van der Waals surface area contributed by atoms with Crippen LogP contribution in [0.4, 0.5) is 4.39 Å². The van der Waals surface area contributed by atoms with Gasteiger partial charge in [0.1, 0.15) is 11.4 Å². The number of hydrogen-bond donors (Lipinski definition) is 2. The summed E-state index contributed by atoms with van der Waals surface area (Å²) in [5, 5.41) is 14.4. The fourth-order valence-electron chi connectivity index (χ4n) is 3.14. The molecule has 0 saturated carbocycles. The van der Waals surface area contributed by atoms with Gasteiger partial charge in [-0.05, 0) is 49.4 Å². The van der Waals surface area contributed by atoms with Crippen LogP contribution >= 0.6 is 0 Å². The SMILES string of the molecule is CCC1CCNC(C(O)(CC)c2cccc(F)c2)C1. The van der Waals surface area contributed by atoms with Crippen LogP contribution in [0.1, 0.15) is 45.1 Å². The Morgan fingerprint density at radius 3 is 2.84 bits per heavy atom. The van der Waals surface area contributed by atoms with Gasteiger partial charge < -0.3 is 10.4 Å². The predicted molar refractivity (Wildman–Crippen MR) is 75.4 cm³/mol. The molecular weight excluding hydrogens is 241 g/mol. The second-order valence-corrected chi connectivity index (χ2v) is 5.59. The number of benzene rings is 1. The first-order valence-electron chi connectivity index (χ1n) is 7.32. The summed E-state index contributed by atoms with van der Waals surface area (Å²) in [6, 6.07) is 6.39. The second-order valence-electron chi connectivity index (χ2n) is 5.59. The van der Waals surface area contributed by atoms with Crippen LogP contribution < -0.4 is 5.32 Å². The van der Waals surface area contributed by atoms with Crippen molar-refractivity contribution < 1.29 is 9.50 Å². The molecule has 0 radical (unpaired) electrons. The van der Waals surface area contributed by atoms with E-state index < -0.39 is 5.60 Å². The van der Waals surface area contributed by atoms with E-state index in [1.807, 2.05) is 13.0 Å². The molecule has 1 aromatic rings. The lowest BCUT2D eigenvalue weighted by Crippen LogP contribution is -2.52. The zero-order valence-corrected chi connectivity index (χ0v) is 11.8. The predicted octanol–water partition coefficient (Wildman–Crippen LogP) is 3.20. The van der Waals surface area contributed by atoms with Gasteiger partial charge in [0.05, 0.1) is 0 Å². The summed E-state index contributed by atoms with van der Waals surface area (Å²) in [7, 11) is 0. The lowest BCUT2D eigenvalue weighted by molar-refractivity contribution is -0.0238. The second kappa shape index (κ2) is 6.02. The summed E-state index contributed by atoms with van der Waals surface area (Å²) in [6.45, 7) is 5.09. The van der Waals surface area contributed by atoms with Crippen LogP contribution in [0.2, 0.25) is 0 Å². The van der Waals surface area contributed by atoms with Gasteiger partial charge in [-0.1, -0.05) is 32.4 Å². The summed E-state index contributed by atoms with van der Waals surface area (Å²) in [5.74, 6) is 0.366. The van der Waals surface area contributed by atoms with E-state index in [0.717, 1.165) is 25.8 Å². The maximum Gasteiger partial charge on any atom is 0.123 e. The lowest BCUT2D eigenvalue weighted by Gasteiger charge is -2.41. The van der Waals surface area contributed by atoms with Crippen molar-refractivity contribution in [2.45, 2.75) is 51.2 Å². The molecule has 0 amide bonds. The van der Waals surface area contributed by atoms with E-state index in [0.29, 0.717) is 17.9 Å². The first kappa shape index (κ1) is 14.5. The van der Waals surface area contributed by atoms with Gasteiger partial charge in [-0.15, -0.1) is 0 Å². The molecule has 0 spiro atoms. The normalized spacial score (nSPS) is 26.9. The standard InChI is InChI=1S/C16H24FNO/c1-3-12-8-9-18-15(10-12)16(19,4-2)13-6-5-7-14(17)11-13/h5-7,11-12,15,18-19H,3-4,8-10H2,1-2H3. The van der Waals surface area contributed by atoms with E-state index >= 15 is 0 Å². The van der Waals surface area contributed by atoms with Crippen molar-refractivity contribution in [3.8, 4) is 0 Å². The maximum absolute atomic E-state index is 13.4. The van der Waals surface area contributed by atoms with Crippen LogP contribution in [0.5, 0.6) is 0 Å². The highest BCUT2D eigenvalue weighted by Crippen LogP contribution is 2.35. The summed E-state index contributed by atoms with van der Waals surface area (Å²) >= 11 is 0. The van der Waals surface area contributed by atoms with Crippen LogP contribution in [0, 0.1) is 11.7 Å². The summed E-state index contributed by atoms with van der Waals surface area (Å²) in [6.07, 6.45) is 3.85. The van der Waals surface area contributed by atoms with Crippen molar-refractivity contribution in [2.75, 3.05) is 6.54 Å². The number of aliphatic hydroxyl groups is 1. The van der Waals surface area contributed by atoms with Crippen LogP contribution in [0.25, 0.3) is 0 Å². The third kappa shape index (κ3) is 2.98. The van der Waals surface area contributed by atoms with E-state index in [1.54, 1.807) is 6.07 Å². The molecule has 2 N–H and O–H groups in total. The van der Waals surface area contributed by atoms with Crippen molar-refractivity contribution in [1.82, 2.24) is 5.32 Å². The molecular formula is C16H24FNO. The molecule has 1 heterocycles. The molecule has 1 aliphatic heterocycles. The first-order chi connectivity index (χ1) is 9.10. The molecule has 3 unspecified atom stereocenters. The van der Waals surface area contributed by atoms with E-state index in [2.05, 4.69) is 12.2 Å². The number of halogens is 1. The molecule has 0 aliphatic carbocycles. The summed E-state index contributed by atoms with van der Waals surface area (Å²) in [5.41, 5.74) is -0.292. The minimum atomic E-state index is -0.976. The Kier molecular flexibility index (Phi) is 4.58. The third-order valence-corrected chi connectivity index (χ3v) is 4.53. The van der Waals surface area contributed by atoms with Gasteiger partial charge in [0.2, 0.25) is 0 Å². The van der Waals surface area contributed by atoms with Crippen molar-refractivity contribution >= 4 is 0 Å². The highest BCUT2D eigenvalue weighted by atomic mass is 19.1. The minimum Gasteiger partial charge on any atom is -0.384 e. The average Bonchev–Trinajstić information content (AvgIpc) is 2.46. The van der Waals surface area contributed by atoms with Gasteiger partial charge in [0.25, 0.3) is 0 Å². The Morgan fingerprint density at radius 1 is 1.42 bits per heavy atom. The van der Waals surface area contributed by atoms with Gasteiger partial charge >= 0.3 is 0 Å². The van der Waals surface area contributed by atoms with Crippen LogP contribution in [-0.4, -0.2) is 17.7 Å². The van der Waals surface area contributed by atoms with Crippen LogP contribution in [0.15, 0.2) is 24.3 Å². The number of hydrogen-bond acceptors (Lipinski definition) is 2. The largest absolute Gasteiger partial charge is 0.384 e. The van der Waals surface area contributed by atoms with E-state index in [1.165, 1.54) is 12.1 Å². The molecule has 2 rings (SSSR count). The summed E-state index contributed by atoms with van der Waals surface area (Å²) in [4.78, 5) is 0. The molecule has 1 fully saturated rings. The highest BCUT2D eigenvalue weighted by molar-refractivity contribution is 5.25. The Bertz CT molecular complexity index is 423. The van der Waals surface area contributed by atoms with Crippen molar-refractivity contribution in [3.63, 3.8) is 0 Å². The topological polar surface area (TPSA) is 32.3 Å². The van der Waals surface area contributed by atoms with E-state index in [4.69, 9.17) is 0 Å². The van der Waals surface area contributed by atoms with Crippen molar-refractivity contribution in [3.05, 3.63) is 35.6 Å². The Morgan fingerprint density at radius 2 is 2.21 bits per heavy atom. The fraction of sp³-hybridized carbons (Fsp3) is 0.625. The van der Waals surface area contributed by atoms with Gasteiger partial charge in [0, 0.05) is 6.04 Å². The lowest BCUT2D eigenvalue weighted by atomic mass is 9.76. The van der Waals surface area contributed by atoms with Gasteiger partial charge in [-0.3, -0.25) is 0 Å². The van der Waals surface area contributed by atoms with Crippen molar-refractivity contribution in [2.24, 2.45) is 5.92 Å². The maximum atomic E-state index is 13.4. The number of rotatable bonds is 4. The molecule has 0 bridgehead atoms. The molecule has 3 heteroatoms. The fourth-order valence-corrected chi connectivity index (χ4v) is 3.14. The van der Waals surface area contributed by atoms with Gasteiger partial charge in [-0.2, -0.15) is 0 Å². The Hall–Kier alpha value is -0.930. The molecule has 1 saturated heterocycles. The minimum absolute atomic E-state index is 0.0120. The van der Waals surface area contributed by atoms with E-state index in [-0.39, 0.29) is 11.9 Å². The molecule has 1 aromatic carbocycles. The van der Waals surface area contributed by atoms with Gasteiger partial charge in [-0.25, -0.2) is 4.39 Å². The molecule has 19 heavy (non-hydrogen) atoms.